The molecule has 0 fully saturated rings. The Balaban J connectivity index is 1.53. The highest BCUT2D eigenvalue weighted by atomic mass is 35.5. The summed E-state index contributed by atoms with van der Waals surface area (Å²) in [4.78, 5) is 28.6. The number of nitrogens with one attached hydrogen (secondary N) is 1. The molecule has 1 aromatic heterocycles. The van der Waals surface area contributed by atoms with E-state index in [0.29, 0.717) is 29.6 Å². The maximum absolute atomic E-state index is 12.5. The maximum Gasteiger partial charge on any atom is 0.307 e. The number of methoxy groups -OCH3 is 1. The number of amides is 1. The van der Waals surface area contributed by atoms with Gasteiger partial charge in [-0.1, -0.05) is 46.6 Å². The van der Waals surface area contributed by atoms with Crippen molar-refractivity contribution in [2.75, 3.05) is 7.11 Å². The van der Waals surface area contributed by atoms with Crippen LogP contribution in [0.15, 0.2) is 53.1 Å². The Morgan fingerprint density at radius 3 is 2.52 bits per heavy atom. The summed E-state index contributed by atoms with van der Waals surface area (Å²) >= 11 is 5.89. The highest BCUT2D eigenvalue weighted by molar-refractivity contribution is 6.30. The van der Waals surface area contributed by atoms with E-state index in [1.807, 2.05) is 43.3 Å². The largest absolute Gasteiger partial charge is 0.469 e. The molecule has 2 aromatic carbocycles. The fraction of sp³-hybridized carbons (Fsp3) is 0.304. The number of carbonyl (C=O) groups excluding carboxylic acids is 2. The molecule has 0 radical (unpaired) electrons. The van der Waals surface area contributed by atoms with Crippen LogP contribution in [0.5, 0.6) is 0 Å². The summed E-state index contributed by atoms with van der Waals surface area (Å²) in [6.07, 6.45) is 1.34. The normalized spacial score (nSPS) is 11.7. The summed E-state index contributed by atoms with van der Waals surface area (Å²) < 4.78 is 10.0. The SMILES string of the molecule is COC(=O)CC(NC(=O)CCCc1nc(-c2ccc(Cl)cc2)no1)c1ccc(C)cc1. The molecule has 162 valence electrons. The second kappa shape index (κ2) is 10.7. The number of aromatic nitrogens is 2. The quantitative estimate of drug-likeness (QED) is 0.493. The van der Waals surface area contributed by atoms with Gasteiger partial charge >= 0.3 is 5.97 Å². The predicted octanol–water partition coefficient (Wildman–Crippen LogP) is 4.44. The molecule has 1 amide bonds. The van der Waals surface area contributed by atoms with E-state index >= 15 is 0 Å². The summed E-state index contributed by atoms with van der Waals surface area (Å²) in [5.41, 5.74) is 2.76. The molecule has 1 atom stereocenters. The lowest BCUT2D eigenvalue weighted by Gasteiger charge is -2.18. The van der Waals surface area contributed by atoms with E-state index in [-0.39, 0.29) is 24.7 Å². The molecule has 0 saturated heterocycles. The van der Waals surface area contributed by atoms with E-state index in [9.17, 15) is 9.59 Å². The van der Waals surface area contributed by atoms with Crippen LogP contribution < -0.4 is 5.32 Å². The van der Waals surface area contributed by atoms with Gasteiger partial charge < -0.3 is 14.6 Å². The van der Waals surface area contributed by atoms with Crippen molar-refractivity contribution in [3.63, 3.8) is 0 Å². The number of aryl methyl sites for hydroxylation is 2. The Bertz CT molecular complexity index is 1020. The first kappa shape index (κ1) is 22.5. The molecular weight excluding hydrogens is 418 g/mol. The number of hydrogen-bond donors (Lipinski definition) is 1. The minimum atomic E-state index is -0.444. The Labute approximate surface area is 185 Å². The van der Waals surface area contributed by atoms with Gasteiger partial charge in [0.2, 0.25) is 17.6 Å². The number of esters is 1. The van der Waals surface area contributed by atoms with Gasteiger partial charge in [0.15, 0.2) is 0 Å². The van der Waals surface area contributed by atoms with Crippen LogP contribution in [-0.4, -0.2) is 29.1 Å². The zero-order chi connectivity index (χ0) is 22.2. The minimum absolute atomic E-state index is 0.0689. The molecule has 0 aliphatic heterocycles. The maximum atomic E-state index is 12.5. The number of rotatable bonds is 9. The van der Waals surface area contributed by atoms with Crippen molar-refractivity contribution in [2.24, 2.45) is 0 Å². The molecule has 1 heterocycles. The first-order chi connectivity index (χ1) is 14.9. The molecular formula is C23H24ClN3O4. The topological polar surface area (TPSA) is 94.3 Å². The van der Waals surface area contributed by atoms with Crippen LogP contribution in [0, 0.1) is 6.92 Å². The minimum Gasteiger partial charge on any atom is -0.469 e. The second-order valence-corrected chi connectivity index (χ2v) is 7.62. The van der Waals surface area contributed by atoms with Gasteiger partial charge in [0.1, 0.15) is 0 Å². The lowest BCUT2D eigenvalue weighted by molar-refractivity contribution is -0.141. The Kier molecular flexibility index (Phi) is 7.78. The van der Waals surface area contributed by atoms with Gasteiger partial charge in [0, 0.05) is 23.4 Å². The van der Waals surface area contributed by atoms with Crippen molar-refractivity contribution in [2.45, 2.75) is 38.6 Å². The Hall–Kier alpha value is -3.19. The Morgan fingerprint density at radius 2 is 1.84 bits per heavy atom. The number of benzene rings is 2. The summed E-state index contributed by atoms with van der Waals surface area (Å²) in [7, 11) is 1.33. The third kappa shape index (κ3) is 6.65. The molecule has 1 N–H and O–H groups in total. The average molecular weight is 442 g/mol. The molecule has 3 aromatic rings. The second-order valence-electron chi connectivity index (χ2n) is 7.18. The average Bonchev–Trinajstić information content (AvgIpc) is 3.23. The van der Waals surface area contributed by atoms with Crippen LogP contribution in [0.1, 0.15) is 42.3 Å². The van der Waals surface area contributed by atoms with Crippen molar-refractivity contribution < 1.29 is 18.8 Å². The van der Waals surface area contributed by atoms with Gasteiger partial charge in [0.05, 0.1) is 19.6 Å². The lowest BCUT2D eigenvalue weighted by atomic mass is 10.0. The van der Waals surface area contributed by atoms with Gasteiger partial charge in [0.25, 0.3) is 0 Å². The molecule has 3 rings (SSSR count). The smallest absolute Gasteiger partial charge is 0.307 e. The van der Waals surface area contributed by atoms with E-state index in [0.717, 1.165) is 16.7 Å². The van der Waals surface area contributed by atoms with Crippen LogP contribution in [-0.2, 0) is 20.7 Å². The molecule has 8 heteroatoms. The predicted molar refractivity (Wildman–Crippen MR) is 116 cm³/mol. The monoisotopic (exact) mass is 441 g/mol. The van der Waals surface area contributed by atoms with Gasteiger partial charge in [-0.15, -0.1) is 0 Å². The van der Waals surface area contributed by atoms with Gasteiger partial charge in [-0.3, -0.25) is 9.59 Å². The molecule has 31 heavy (non-hydrogen) atoms. The zero-order valence-corrected chi connectivity index (χ0v) is 18.2. The van der Waals surface area contributed by atoms with E-state index in [2.05, 4.69) is 15.5 Å². The van der Waals surface area contributed by atoms with Gasteiger partial charge in [-0.2, -0.15) is 4.98 Å². The fourth-order valence-electron chi connectivity index (χ4n) is 3.04. The van der Waals surface area contributed by atoms with Crippen LogP contribution in [0.2, 0.25) is 5.02 Å². The molecule has 0 spiro atoms. The number of nitrogens with zero attached hydrogens (tertiary/aromatic N) is 2. The van der Waals surface area contributed by atoms with E-state index < -0.39 is 6.04 Å². The van der Waals surface area contributed by atoms with Crippen molar-refractivity contribution in [1.29, 1.82) is 0 Å². The summed E-state index contributed by atoms with van der Waals surface area (Å²) in [5.74, 6) is 0.398. The number of carbonyl (C=O) groups is 2. The van der Waals surface area contributed by atoms with Gasteiger partial charge in [-0.25, -0.2) is 0 Å². The molecule has 7 nitrogen and oxygen atoms in total. The fourth-order valence-corrected chi connectivity index (χ4v) is 3.17. The summed E-state index contributed by atoms with van der Waals surface area (Å²) in [6.45, 7) is 1.98. The number of hydrogen-bond acceptors (Lipinski definition) is 6. The van der Waals surface area contributed by atoms with Gasteiger partial charge in [-0.05, 0) is 43.2 Å². The van der Waals surface area contributed by atoms with Crippen LogP contribution in [0.3, 0.4) is 0 Å². The van der Waals surface area contributed by atoms with Crippen molar-refractivity contribution >= 4 is 23.5 Å². The highest BCUT2D eigenvalue weighted by Gasteiger charge is 2.19. The molecule has 0 saturated carbocycles. The molecule has 0 bridgehead atoms. The number of halogens is 1. The Morgan fingerprint density at radius 1 is 1.13 bits per heavy atom. The van der Waals surface area contributed by atoms with Crippen molar-refractivity contribution in [3.05, 3.63) is 70.6 Å². The molecule has 1 unspecified atom stereocenters. The van der Waals surface area contributed by atoms with Crippen molar-refractivity contribution in [1.82, 2.24) is 15.5 Å². The lowest BCUT2D eigenvalue weighted by Crippen LogP contribution is -2.30. The van der Waals surface area contributed by atoms with Crippen molar-refractivity contribution in [3.8, 4) is 11.4 Å². The van der Waals surface area contributed by atoms with E-state index in [4.69, 9.17) is 20.9 Å². The third-order valence-electron chi connectivity index (χ3n) is 4.78. The number of ether oxygens (including phenoxy) is 1. The van der Waals surface area contributed by atoms with E-state index in [1.165, 1.54) is 7.11 Å². The van der Waals surface area contributed by atoms with E-state index in [1.54, 1.807) is 12.1 Å². The molecule has 0 aliphatic rings. The summed E-state index contributed by atoms with van der Waals surface area (Å²) in [5, 5.41) is 7.53. The van der Waals surface area contributed by atoms with Crippen LogP contribution >= 0.6 is 11.6 Å². The first-order valence-electron chi connectivity index (χ1n) is 9.96. The standard InChI is InChI=1S/C23H24ClN3O4/c1-15-6-8-16(9-7-15)19(14-22(29)30-2)25-20(28)4-3-5-21-26-23(27-31-21)17-10-12-18(24)13-11-17/h6-13,19H,3-5,14H2,1-2H3,(H,25,28). The third-order valence-corrected chi connectivity index (χ3v) is 5.03. The first-order valence-corrected chi connectivity index (χ1v) is 10.3. The van der Waals surface area contributed by atoms with Crippen LogP contribution in [0.25, 0.3) is 11.4 Å². The van der Waals surface area contributed by atoms with Crippen LogP contribution in [0.4, 0.5) is 0 Å². The molecule has 0 aliphatic carbocycles. The highest BCUT2D eigenvalue weighted by Crippen LogP contribution is 2.20. The summed E-state index contributed by atoms with van der Waals surface area (Å²) in [6, 6.07) is 14.4. The zero-order valence-electron chi connectivity index (χ0n) is 17.4.